The fraction of sp³-hybridized carbons (Fsp3) is 0.692. The van der Waals surface area contributed by atoms with Crippen LogP contribution in [0.4, 0.5) is 5.82 Å². The van der Waals surface area contributed by atoms with Crippen LogP contribution in [0.15, 0.2) is 12.4 Å². The van der Waals surface area contributed by atoms with E-state index in [9.17, 15) is 0 Å². The lowest BCUT2D eigenvalue weighted by molar-refractivity contribution is 0.275. The van der Waals surface area contributed by atoms with E-state index in [0.717, 1.165) is 31.4 Å². The van der Waals surface area contributed by atoms with E-state index in [1.165, 1.54) is 12.8 Å². The molecule has 0 aromatic carbocycles. The highest BCUT2D eigenvalue weighted by Crippen LogP contribution is 2.21. The summed E-state index contributed by atoms with van der Waals surface area (Å²) >= 11 is 0. The van der Waals surface area contributed by atoms with Crippen molar-refractivity contribution >= 4 is 5.82 Å². The Morgan fingerprint density at radius 3 is 2.67 bits per heavy atom. The van der Waals surface area contributed by atoms with Gasteiger partial charge in [-0.25, -0.2) is 4.98 Å². The van der Waals surface area contributed by atoms with Crippen LogP contribution in [-0.4, -0.2) is 53.7 Å². The number of aromatic nitrogens is 2. The predicted molar refractivity (Wildman–Crippen MR) is 71.4 cm³/mol. The van der Waals surface area contributed by atoms with Crippen LogP contribution < -0.4 is 4.90 Å². The maximum absolute atomic E-state index is 9.08. The zero-order valence-corrected chi connectivity index (χ0v) is 11.2. The van der Waals surface area contributed by atoms with E-state index in [0.29, 0.717) is 5.69 Å². The number of hydrogen-bond acceptors (Lipinski definition) is 5. The largest absolute Gasteiger partial charge is 0.390 e. The van der Waals surface area contributed by atoms with Gasteiger partial charge in [0.2, 0.25) is 0 Å². The summed E-state index contributed by atoms with van der Waals surface area (Å²) < 4.78 is 0. The first kappa shape index (κ1) is 13.2. The normalized spacial score (nSPS) is 17.4. The average Bonchev–Trinajstić information content (AvgIpc) is 2.39. The molecule has 5 nitrogen and oxygen atoms in total. The number of anilines is 1. The topological polar surface area (TPSA) is 52.5 Å². The van der Waals surface area contributed by atoms with Crippen molar-refractivity contribution in [2.24, 2.45) is 5.92 Å². The highest BCUT2D eigenvalue weighted by molar-refractivity contribution is 5.36. The fourth-order valence-electron chi connectivity index (χ4n) is 2.48. The SMILES string of the molecule is CN(C)CC1CCN(c2cncc(CO)n2)CC1. The van der Waals surface area contributed by atoms with Crippen LogP contribution in [-0.2, 0) is 6.61 Å². The van der Waals surface area contributed by atoms with E-state index in [1.807, 2.05) is 0 Å². The van der Waals surface area contributed by atoms with E-state index in [2.05, 4.69) is 33.9 Å². The molecule has 18 heavy (non-hydrogen) atoms. The summed E-state index contributed by atoms with van der Waals surface area (Å²) in [5.41, 5.74) is 0.642. The van der Waals surface area contributed by atoms with Crippen molar-refractivity contribution in [2.45, 2.75) is 19.4 Å². The summed E-state index contributed by atoms with van der Waals surface area (Å²) in [7, 11) is 4.26. The van der Waals surface area contributed by atoms with Crippen molar-refractivity contribution in [2.75, 3.05) is 38.6 Å². The van der Waals surface area contributed by atoms with Crippen LogP contribution in [0.3, 0.4) is 0 Å². The Hall–Kier alpha value is -1.20. The van der Waals surface area contributed by atoms with Crippen LogP contribution in [0, 0.1) is 5.92 Å². The standard InChI is InChI=1S/C13H22N4O/c1-16(2)9-11-3-5-17(6-4-11)13-8-14-7-12(10-18)15-13/h7-8,11,18H,3-6,9-10H2,1-2H3. The van der Waals surface area contributed by atoms with Crippen molar-refractivity contribution < 1.29 is 5.11 Å². The fourth-order valence-corrected chi connectivity index (χ4v) is 2.48. The van der Waals surface area contributed by atoms with Crippen LogP contribution in [0.1, 0.15) is 18.5 Å². The Morgan fingerprint density at radius 2 is 2.06 bits per heavy atom. The number of aliphatic hydroxyl groups is 1. The van der Waals surface area contributed by atoms with Crippen LogP contribution in [0.5, 0.6) is 0 Å². The van der Waals surface area contributed by atoms with E-state index in [1.54, 1.807) is 12.4 Å². The second-order valence-electron chi connectivity index (χ2n) is 5.22. The van der Waals surface area contributed by atoms with Gasteiger partial charge in [0.25, 0.3) is 0 Å². The lowest BCUT2D eigenvalue weighted by Crippen LogP contribution is -2.37. The van der Waals surface area contributed by atoms with E-state index < -0.39 is 0 Å². The summed E-state index contributed by atoms with van der Waals surface area (Å²) in [5.74, 6) is 1.68. The Balaban J connectivity index is 1.92. The lowest BCUT2D eigenvalue weighted by Gasteiger charge is -2.33. The minimum Gasteiger partial charge on any atom is -0.390 e. The van der Waals surface area contributed by atoms with E-state index in [4.69, 9.17) is 5.11 Å². The van der Waals surface area contributed by atoms with Gasteiger partial charge in [0.1, 0.15) is 5.82 Å². The third-order valence-corrected chi connectivity index (χ3v) is 3.40. The van der Waals surface area contributed by atoms with Crippen molar-refractivity contribution in [3.05, 3.63) is 18.1 Å². The Morgan fingerprint density at radius 1 is 1.33 bits per heavy atom. The number of piperidine rings is 1. The van der Waals surface area contributed by atoms with E-state index >= 15 is 0 Å². The molecule has 0 bridgehead atoms. The molecule has 1 aromatic heterocycles. The Bertz CT molecular complexity index is 375. The van der Waals surface area contributed by atoms with Gasteiger partial charge in [-0.2, -0.15) is 0 Å². The molecule has 2 heterocycles. The monoisotopic (exact) mass is 250 g/mol. The molecule has 5 heteroatoms. The molecule has 0 atom stereocenters. The number of nitrogens with zero attached hydrogens (tertiary/aromatic N) is 4. The van der Waals surface area contributed by atoms with Gasteiger partial charge in [-0.3, -0.25) is 4.98 Å². The van der Waals surface area contributed by atoms with Crippen molar-refractivity contribution in [1.29, 1.82) is 0 Å². The molecular weight excluding hydrogens is 228 g/mol. The molecule has 0 aliphatic carbocycles. The molecular formula is C13H22N4O. The minimum absolute atomic E-state index is 0.0437. The second kappa shape index (κ2) is 6.11. The number of rotatable bonds is 4. The first-order valence-electron chi connectivity index (χ1n) is 6.50. The number of aliphatic hydroxyl groups excluding tert-OH is 1. The molecule has 1 saturated heterocycles. The molecule has 1 aliphatic heterocycles. The van der Waals surface area contributed by atoms with Gasteiger partial charge in [0.05, 0.1) is 24.7 Å². The Kier molecular flexibility index (Phi) is 4.49. The average molecular weight is 250 g/mol. The van der Waals surface area contributed by atoms with Gasteiger partial charge in [0.15, 0.2) is 0 Å². The predicted octanol–water partition coefficient (Wildman–Crippen LogP) is 0.747. The molecule has 1 fully saturated rings. The molecule has 2 rings (SSSR count). The summed E-state index contributed by atoms with van der Waals surface area (Å²) in [6.45, 7) is 3.18. The van der Waals surface area contributed by atoms with Gasteiger partial charge in [0, 0.05) is 19.6 Å². The molecule has 100 valence electrons. The third-order valence-electron chi connectivity index (χ3n) is 3.40. The molecule has 1 aliphatic rings. The zero-order valence-electron chi connectivity index (χ0n) is 11.2. The number of hydrogen-bond donors (Lipinski definition) is 1. The summed E-state index contributed by atoms with van der Waals surface area (Å²) in [6, 6.07) is 0. The molecule has 1 aromatic rings. The minimum atomic E-state index is -0.0437. The molecule has 0 saturated carbocycles. The van der Waals surface area contributed by atoms with Crippen LogP contribution in [0.2, 0.25) is 0 Å². The van der Waals surface area contributed by atoms with Crippen molar-refractivity contribution in [1.82, 2.24) is 14.9 Å². The summed E-state index contributed by atoms with van der Waals surface area (Å²) in [4.78, 5) is 13.0. The van der Waals surface area contributed by atoms with Gasteiger partial charge in [-0.05, 0) is 32.9 Å². The summed E-state index contributed by atoms with van der Waals surface area (Å²) in [6.07, 6.45) is 5.79. The third kappa shape index (κ3) is 3.40. The molecule has 1 N–H and O–H groups in total. The quantitative estimate of drug-likeness (QED) is 0.854. The molecule has 0 spiro atoms. The highest BCUT2D eigenvalue weighted by Gasteiger charge is 2.20. The highest BCUT2D eigenvalue weighted by atomic mass is 16.3. The summed E-state index contributed by atoms with van der Waals surface area (Å²) in [5, 5.41) is 9.08. The van der Waals surface area contributed by atoms with Gasteiger partial charge in [-0.15, -0.1) is 0 Å². The first-order chi connectivity index (χ1) is 8.69. The maximum Gasteiger partial charge on any atom is 0.147 e. The molecule has 0 radical (unpaired) electrons. The van der Waals surface area contributed by atoms with Gasteiger partial charge in [-0.1, -0.05) is 0 Å². The maximum atomic E-state index is 9.08. The molecule has 0 unspecified atom stereocenters. The first-order valence-corrected chi connectivity index (χ1v) is 6.50. The molecule has 0 amide bonds. The van der Waals surface area contributed by atoms with Gasteiger partial charge < -0.3 is 14.9 Å². The Labute approximate surface area is 108 Å². The van der Waals surface area contributed by atoms with Crippen LogP contribution >= 0.6 is 0 Å². The lowest BCUT2D eigenvalue weighted by atomic mass is 9.96. The smallest absolute Gasteiger partial charge is 0.147 e. The van der Waals surface area contributed by atoms with Crippen molar-refractivity contribution in [3.8, 4) is 0 Å². The van der Waals surface area contributed by atoms with E-state index in [-0.39, 0.29) is 6.61 Å². The second-order valence-corrected chi connectivity index (χ2v) is 5.22. The van der Waals surface area contributed by atoms with Gasteiger partial charge >= 0.3 is 0 Å². The van der Waals surface area contributed by atoms with Crippen LogP contribution in [0.25, 0.3) is 0 Å². The van der Waals surface area contributed by atoms with Crippen molar-refractivity contribution in [3.63, 3.8) is 0 Å². The zero-order chi connectivity index (χ0) is 13.0.